The fraction of sp³-hybridized carbons (Fsp3) is 0.425. The number of hydrogen-bond acceptors (Lipinski definition) is 7. The van der Waals surface area contributed by atoms with Crippen LogP contribution in [0.2, 0.25) is 0 Å². The fourth-order valence-corrected chi connectivity index (χ4v) is 11.8. The van der Waals surface area contributed by atoms with Crippen LogP contribution in [0.1, 0.15) is 62.3 Å². The summed E-state index contributed by atoms with van der Waals surface area (Å²) in [5.74, 6) is 1.94. The zero-order valence-corrected chi connectivity index (χ0v) is 32.5. The lowest BCUT2D eigenvalue weighted by Gasteiger charge is -2.39. The van der Waals surface area contributed by atoms with Crippen LogP contribution in [0.3, 0.4) is 0 Å². The molecule has 0 radical (unpaired) electrons. The second-order valence-electron chi connectivity index (χ2n) is 14.4. The van der Waals surface area contributed by atoms with Crippen molar-refractivity contribution in [2.45, 2.75) is 62.9 Å². The highest BCUT2D eigenvalue weighted by molar-refractivity contribution is 8.20. The number of aliphatic imine (C=N–C) groups is 2. The number of aromatic nitrogens is 1. The quantitative estimate of drug-likeness (QED) is 0.186. The van der Waals surface area contributed by atoms with Crippen molar-refractivity contribution in [3.63, 3.8) is 0 Å². The first kappa shape index (κ1) is 38.3. The topological polar surface area (TPSA) is 113 Å². The highest BCUT2D eigenvalue weighted by Gasteiger charge is 2.47. The number of aliphatic carboxylic acids is 1. The first-order chi connectivity index (χ1) is 24.9. The first-order valence-electron chi connectivity index (χ1n) is 17.6. The van der Waals surface area contributed by atoms with Crippen LogP contribution in [-0.4, -0.2) is 62.4 Å². The number of hydrogen-bond donors (Lipinski definition) is 3. The monoisotopic (exact) mass is 764 g/mol. The molecule has 4 N–H and O–H groups in total. The van der Waals surface area contributed by atoms with Crippen LogP contribution in [0, 0.1) is 23.0 Å². The molecule has 1 saturated heterocycles. The van der Waals surface area contributed by atoms with E-state index in [0.29, 0.717) is 30.6 Å². The number of rotatable bonds is 5. The molecule has 2 unspecified atom stereocenters. The van der Waals surface area contributed by atoms with Crippen LogP contribution < -0.4 is 10.5 Å². The number of H-pyrrole nitrogens is 1. The first-order valence-corrected chi connectivity index (χ1v) is 20.9. The summed E-state index contributed by atoms with van der Waals surface area (Å²) in [4.78, 5) is 24.3. The molecular formula is C40H46F2N4O3S3. The molecule has 3 aromatic carbocycles. The number of ether oxygens (including phenoxy) is 1. The van der Waals surface area contributed by atoms with Crippen molar-refractivity contribution in [2.75, 3.05) is 30.1 Å². The Labute approximate surface area is 317 Å². The Hall–Kier alpha value is -3.48. The van der Waals surface area contributed by atoms with Crippen LogP contribution in [0.25, 0.3) is 10.9 Å². The number of nitrogens with zero attached hydrogens (tertiary/aromatic N) is 2. The number of amidine groups is 2. The van der Waals surface area contributed by atoms with E-state index in [4.69, 9.17) is 15.5 Å². The van der Waals surface area contributed by atoms with Gasteiger partial charge in [-0.25, -0.2) is 13.8 Å². The highest BCUT2D eigenvalue weighted by atomic mass is 32.2. The molecule has 0 spiro atoms. The molecule has 1 fully saturated rings. The Morgan fingerprint density at radius 2 is 1.88 bits per heavy atom. The van der Waals surface area contributed by atoms with Crippen molar-refractivity contribution in [3.8, 4) is 11.5 Å². The van der Waals surface area contributed by atoms with Gasteiger partial charge in [0, 0.05) is 47.3 Å². The minimum absolute atomic E-state index is 0.0102. The summed E-state index contributed by atoms with van der Waals surface area (Å²) in [7, 11) is 1.55. The Balaban J connectivity index is 1.50. The van der Waals surface area contributed by atoms with Crippen molar-refractivity contribution < 1.29 is 23.4 Å². The lowest BCUT2D eigenvalue weighted by Crippen LogP contribution is -2.48. The maximum Gasteiger partial charge on any atom is 0.306 e. The third-order valence-electron chi connectivity index (χ3n) is 10.0. The normalized spacial score (nSPS) is 21.9. The second-order valence-corrected chi connectivity index (χ2v) is 18.2. The number of thioether (sulfide) groups is 3. The number of carbonyl (C=O) groups is 1. The van der Waals surface area contributed by atoms with Crippen LogP contribution in [-0.2, 0) is 23.1 Å². The minimum atomic E-state index is -0.847. The molecule has 0 amide bonds. The third kappa shape index (κ3) is 8.19. The summed E-state index contributed by atoms with van der Waals surface area (Å²) in [5, 5.41) is 10.6. The van der Waals surface area contributed by atoms with Crippen LogP contribution in [0.15, 0.2) is 70.8 Å². The highest BCUT2D eigenvalue weighted by Crippen LogP contribution is 2.50. The van der Waals surface area contributed by atoms with Crippen molar-refractivity contribution in [3.05, 3.63) is 94.7 Å². The molecule has 12 heteroatoms. The molecule has 2 aliphatic heterocycles. The van der Waals surface area contributed by atoms with Gasteiger partial charge in [0.05, 0.1) is 21.5 Å². The Morgan fingerprint density at radius 1 is 1.10 bits per heavy atom. The van der Waals surface area contributed by atoms with Crippen LogP contribution >= 0.6 is 35.3 Å². The average Bonchev–Trinajstić information content (AvgIpc) is 3.82. The Kier molecular flexibility index (Phi) is 12.0. The number of aryl methyl sites for hydroxylation is 1. The predicted molar refractivity (Wildman–Crippen MR) is 215 cm³/mol. The number of nitrogens with two attached hydrogens (primary N) is 1. The molecule has 2 aliphatic rings. The standard InChI is InChI=1S/C40H46F2N4O3S3/c1-24(36(47)48)19-25-7-5-8-26(20-25)40(38-51-17-18-52-38)14-6-13-39(2,3)23-50-16-12-29-28-11-15-45-33(28)22-32(42)34(29)49-27-9-10-31(41)30(21-27)35(44-4)46-37(40)43/h5,7-11,15,20-22,24,38,45H,6,12-14,16-19,23H2,1-4H3,(H,47,48)(H2,43,44,46). The SMILES string of the molecule is CN=C1N=C(N)C(c2cccc(CC(C)C(=O)O)c2)(C2SCCS2)CCCC(C)(C)CSCCc2c(c(F)cc3[nH]ccc23)Oc2ccc(F)c1c2. The van der Waals surface area contributed by atoms with E-state index in [-0.39, 0.29) is 32.9 Å². The average molecular weight is 765 g/mol. The Bertz CT molecular complexity index is 1990. The summed E-state index contributed by atoms with van der Waals surface area (Å²) >= 11 is 5.54. The van der Waals surface area contributed by atoms with Gasteiger partial charge in [0.25, 0.3) is 0 Å². The van der Waals surface area contributed by atoms with Gasteiger partial charge in [-0.15, -0.1) is 23.5 Å². The number of carboxylic acid groups (broad SMARTS) is 1. The lowest BCUT2D eigenvalue weighted by molar-refractivity contribution is -0.141. The van der Waals surface area contributed by atoms with Gasteiger partial charge in [0.2, 0.25) is 0 Å². The second kappa shape index (κ2) is 16.3. The van der Waals surface area contributed by atoms with E-state index in [1.54, 1.807) is 20.2 Å². The van der Waals surface area contributed by atoms with Gasteiger partial charge < -0.3 is 20.6 Å². The molecule has 1 aromatic heterocycles. The van der Waals surface area contributed by atoms with Gasteiger partial charge in [0.1, 0.15) is 17.4 Å². The molecule has 3 heterocycles. The fourth-order valence-electron chi connectivity index (χ4n) is 7.18. The molecule has 7 nitrogen and oxygen atoms in total. The minimum Gasteiger partial charge on any atom is -0.481 e. The molecule has 2 atom stereocenters. The van der Waals surface area contributed by atoms with Crippen molar-refractivity contribution in [1.82, 2.24) is 4.98 Å². The number of aromatic amines is 1. The maximum absolute atomic E-state index is 15.8. The zero-order chi connectivity index (χ0) is 37.0. The van der Waals surface area contributed by atoms with Crippen LogP contribution in [0.5, 0.6) is 11.5 Å². The molecule has 276 valence electrons. The lowest BCUT2D eigenvalue weighted by atomic mass is 9.74. The van der Waals surface area contributed by atoms with E-state index in [9.17, 15) is 9.90 Å². The number of halogens is 2. The molecule has 52 heavy (non-hydrogen) atoms. The number of benzene rings is 3. The number of fused-ring (bicyclic) bond motifs is 5. The van der Waals surface area contributed by atoms with Crippen LogP contribution in [0.4, 0.5) is 8.78 Å². The van der Waals surface area contributed by atoms with E-state index in [0.717, 1.165) is 57.9 Å². The predicted octanol–water partition coefficient (Wildman–Crippen LogP) is 9.47. The van der Waals surface area contributed by atoms with Gasteiger partial charge in [-0.2, -0.15) is 11.8 Å². The molecule has 4 aromatic rings. The van der Waals surface area contributed by atoms with Crippen molar-refractivity contribution in [2.24, 2.45) is 27.1 Å². The van der Waals surface area contributed by atoms with E-state index < -0.39 is 28.9 Å². The molecule has 0 saturated carbocycles. The number of nitrogens with one attached hydrogen (secondary N) is 1. The third-order valence-corrected chi connectivity index (χ3v) is 14.8. The summed E-state index contributed by atoms with van der Waals surface area (Å²) in [6, 6.07) is 15.7. The van der Waals surface area contributed by atoms with E-state index in [2.05, 4.69) is 36.0 Å². The Morgan fingerprint density at radius 3 is 2.63 bits per heavy atom. The summed E-state index contributed by atoms with van der Waals surface area (Å²) < 4.78 is 37.8. The van der Waals surface area contributed by atoms with Gasteiger partial charge in [-0.1, -0.05) is 51.5 Å². The van der Waals surface area contributed by atoms with Crippen molar-refractivity contribution in [1.29, 1.82) is 0 Å². The van der Waals surface area contributed by atoms with E-state index in [1.807, 2.05) is 53.5 Å². The van der Waals surface area contributed by atoms with E-state index in [1.165, 1.54) is 24.3 Å². The summed E-state index contributed by atoms with van der Waals surface area (Å²) in [5.41, 5.74) is 9.89. The summed E-state index contributed by atoms with van der Waals surface area (Å²) in [6.07, 6.45) is 5.24. The molecule has 0 aliphatic carbocycles. The molecule has 6 rings (SSSR count). The van der Waals surface area contributed by atoms with Gasteiger partial charge >= 0.3 is 5.97 Å². The van der Waals surface area contributed by atoms with Crippen molar-refractivity contribution >= 4 is 63.8 Å². The molecule has 2 bridgehead atoms. The van der Waals surface area contributed by atoms with Gasteiger partial charge in [-0.05, 0) is 78.0 Å². The smallest absolute Gasteiger partial charge is 0.306 e. The van der Waals surface area contributed by atoms with E-state index >= 15 is 8.78 Å². The molecular weight excluding hydrogens is 719 g/mol. The maximum atomic E-state index is 15.8. The zero-order valence-electron chi connectivity index (χ0n) is 30.0. The van der Waals surface area contributed by atoms with Gasteiger partial charge in [0.15, 0.2) is 17.4 Å². The van der Waals surface area contributed by atoms with Gasteiger partial charge in [-0.3, -0.25) is 9.79 Å². The summed E-state index contributed by atoms with van der Waals surface area (Å²) in [6.45, 7) is 6.27. The largest absolute Gasteiger partial charge is 0.481 e. The number of carboxylic acids is 1.